The van der Waals surface area contributed by atoms with Gasteiger partial charge in [0.1, 0.15) is 12.6 Å². The summed E-state index contributed by atoms with van der Waals surface area (Å²) in [5.74, 6) is -1.08. The molecule has 1 saturated heterocycles. The number of piperidine rings is 1. The number of carbonyl (C=O) groups is 2. The maximum atomic E-state index is 12.0. The van der Waals surface area contributed by atoms with E-state index in [9.17, 15) is 14.7 Å². The highest BCUT2D eigenvalue weighted by atomic mass is 16.6. The van der Waals surface area contributed by atoms with E-state index in [0.717, 1.165) is 10.5 Å². The van der Waals surface area contributed by atoms with Crippen molar-refractivity contribution in [3.05, 3.63) is 35.9 Å². The number of aliphatic hydroxyl groups is 1. The number of amides is 1. The zero-order valence-corrected chi connectivity index (χ0v) is 10.9. The lowest BCUT2D eigenvalue weighted by molar-refractivity contribution is -0.145. The van der Waals surface area contributed by atoms with Gasteiger partial charge in [-0.25, -0.2) is 9.59 Å². The molecule has 6 heteroatoms. The van der Waals surface area contributed by atoms with Gasteiger partial charge < -0.3 is 14.9 Å². The van der Waals surface area contributed by atoms with Crippen molar-refractivity contribution in [1.29, 1.82) is 0 Å². The van der Waals surface area contributed by atoms with Crippen LogP contribution in [0.3, 0.4) is 0 Å². The van der Waals surface area contributed by atoms with Gasteiger partial charge in [0.15, 0.2) is 0 Å². The van der Waals surface area contributed by atoms with Crippen molar-refractivity contribution in [2.75, 3.05) is 6.54 Å². The zero-order chi connectivity index (χ0) is 14.5. The highest BCUT2D eigenvalue weighted by Crippen LogP contribution is 2.19. The largest absolute Gasteiger partial charge is 0.480 e. The van der Waals surface area contributed by atoms with Crippen LogP contribution in [-0.4, -0.2) is 45.9 Å². The molecule has 20 heavy (non-hydrogen) atoms. The Morgan fingerprint density at radius 3 is 2.60 bits per heavy atom. The predicted octanol–water partition coefficient (Wildman–Crippen LogP) is 1.23. The lowest BCUT2D eigenvalue weighted by Crippen LogP contribution is -2.52. The van der Waals surface area contributed by atoms with Gasteiger partial charge in [-0.15, -0.1) is 0 Å². The van der Waals surface area contributed by atoms with E-state index in [2.05, 4.69) is 0 Å². The molecule has 0 aromatic heterocycles. The molecule has 1 unspecified atom stereocenters. The molecular formula is C14H17NO5. The molecule has 1 aliphatic heterocycles. The van der Waals surface area contributed by atoms with Crippen molar-refractivity contribution in [2.24, 2.45) is 0 Å². The summed E-state index contributed by atoms with van der Waals surface area (Å²) in [5.41, 5.74) is 0.824. The van der Waals surface area contributed by atoms with E-state index in [4.69, 9.17) is 9.84 Å². The topological polar surface area (TPSA) is 87.1 Å². The number of hydrogen-bond donors (Lipinski definition) is 2. The molecule has 1 aromatic carbocycles. The number of rotatable bonds is 3. The number of hydrogen-bond acceptors (Lipinski definition) is 4. The molecule has 1 aromatic rings. The minimum Gasteiger partial charge on any atom is -0.480 e. The Hall–Kier alpha value is -2.08. The van der Waals surface area contributed by atoms with Crippen molar-refractivity contribution in [1.82, 2.24) is 4.90 Å². The second kappa shape index (κ2) is 6.38. The molecule has 2 N–H and O–H groups in total. The number of ether oxygens (including phenoxy) is 1. The highest BCUT2D eigenvalue weighted by molar-refractivity contribution is 5.80. The van der Waals surface area contributed by atoms with Gasteiger partial charge in [-0.1, -0.05) is 30.3 Å². The maximum Gasteiger partial charge on any atom is 0.410 e. The molecule has 0 aliphatic carbocycles. The van der Waals surface area contributed by atoms with Crippen LogP contribution in [-0.2, 0) is 16.1 Å². The Labute approximate surface area is 116 Å². The number of carboxylic acid groups (broad SMARTS) is 1. The maximum absolute atomic E-state index is 12.0. The second-order valence-corrected chi connectivity index (χ2v) is 4.78. The van der Waals surface area contributed by atoms with Crippen LogP contribution in [0.2, 0.25) is 0 Å². The first-order valence-electron chi connectivity index (χ1n) is 6.46. The molecule has 1 heterocycles. The Kier molecular flexibility index (Phi) is 4.57. The third kappa shape index (κ3) is 3.48. The zero-order valence-electron chi connectivity index (χ0n) is 10.9. The van der Waals surface area contributed by atoms with Crippen LogP contribution >= 0.6 is 0 Å². The molecule has 0 spiro atoms. The van der Waals surface area contributed by atoms with Crippen molar-refractivity contribution >= 4 is 12.1 Å². The Balaban J connectivity index is 1.97. The van der Waals surface area contributed by atoms with Gasteiger partial charge in [-0.2, -0.15) is 0 Å². The summed E-state index contributed by atoms with van der Waals surface area (Å²) in [6.07, 6.45) is -0.800. The average molecular weight is 279 g/mol. The van der Waals surface area contributed by atoms with Crippen molar-refractivity contribution in [2.45, 2.75) is 31.6 Å². The first-order valence-corrected chi connectivity index (χ1v) is 6.46. The van der Waals surface area contributed by atoms with E-state index in [1.807, 2.05) is 30.3 Å². The SMILES string of the molecule is O=C(O)C1CC[C@H](O)CN1C(=O)OCc1ccccc1. The van der Waals surface area contributed by atoms with Crippen LogP contribution in [0.5, 0.6) is 0 Å². The summed E-state index contributed by atoms with van der Waals surface area (Å²) in [4.78, 5) is 24.2. The summed E-state index contributed by atoms with van der Waals surface area (Å²) in [5, 5.41) is 18.7. The number of likely N-dealkylation sites (tertiary alicyclic amines) is 1. The summed E-state index contributed by atoms with van der Waals surface area (Å²) in [7, 11) is 0. The number of carbonyl (C=O) groups excluding carboxylic acids is 1. The molecule has 2 atom stereocenters. The van der Waals surface area contributed by atoms with Crippen molar-refractivity contribution < 1.29 is 24.5 Å². The highest BCUT2D eigenvalue weighted by Gasteiger charge is 2.36. The number of nitrogens with zero attached hydrogens (tertiary/aromatic N) is 1. The van der Waals surface area contributed by atoms with E-state index >= 15 is 0 Å². The number of β-amino-alcohol motifs (C(OH)–C–C–N with tert-alkyl or cyclic N) is 1. The minimum absolute atomic E-state index is 0.00934. The number of aliphatic hydroxyl groups excluding tert-OH is 1. The van der Waals surface area contributed by atoms with Gasteiger partial charge in [-0.3, -0.25) is 4.90 Å². The van der Waals surface area contributed by atoms with Crippen LogP contribution in [0.25, 0.3) is 0 Å². The van der Waals surface area contributed by atoms with Gasteiger partial charge in [0, 0.05) is 0 Å². The molecule has 1 amide bonds. The molecular weight excluding hydrogens is 262 g/mol. The standard InChI is InChI=1S/C14H17NO5/c16-11-6-7-12(13(17)18)15(8-11)14(19)20-9-10-4-2-1-3-5-10/h1-5,11-12,16H,6-9H2,(H,17,18)/t11-,12?/m0/s1. The quantitative estimate of drug-likeness (QED) is 0.869. The molecule has 1 aliphatic rings. The van der Waals surface area contributed by atoms with Gasteiger partial charge in [0.05, 0.1) is 12.6 Å². The van der Waals surface area contributed by atoms with E-state index in [1.54, 1.807) is 0 Å². The number of carboxylic acids is 1. The summed E-state index contributed by atoms with van der Waals surface area (Å²) in [6.45, 7) is 0.0726. The smallest absolute Gasteiger partial charge is 0.410 e. The van der Waals surface area contributed by atoms with Crippen LogP contribution in [0.1, 0.15) is 18.4 Å². The molecule has 6 nitrogen and oxygen atoms in total. The van der Waals surface area contributed by atoms with Crippen molar-refractivity contribution in [3.8, 4) is 0 Å². The van der Waals surface area contributed by atoms with Crippen LogP contribution in [0.4, 0.5) is 4.79 Å². The van der Waals surface area contributed by atoms with Gasteiger partial charge >= 0.3 is 12.1 Å². The lowest BCUT2D eigenvalue weighted by atomic mass is 10.0. The summed E-state index contributed by atoms with van der Waals surface area (Å²) >= 11 is 0. The fourth-order valence-corrected chi connectivity index (χ4v) is 2.21. The first-order chi connectivity index (χ1) is 9.58. The normalized spacial score (nSPS) is 22.4. The lowest BCUT2D eigenvalue weighted by Gasteiger charge is -2.34. The third-order valence-corrected chi connectivity index (χ3v) is 3.28. The fourth-order valence-electron chi connectivity index (χ4n) is 2.21. The third-order valence-electron chi connectivity index (χ3n) is 3.28. The van der Waals surface area contributed by atoms with Crippen LogP contribution in [0, 0.1) is 0 Å². The minimum atomic E-state index is -1.08. The molecule has 0 radical (unpaired) electrons. The summed E-state index contributed by atoms with van der Waals surface area (Å²) in [6, 6.07) is 8.20. The monoisotopic (exact) mass is 279 g/mol. The van der Waals surface area contributed by atoms with E-state index < -0.39 is 24.2 Å². The van der Waals surface area contributed by atoms with Gasteiger partial charge in [-0.05, 0) is 18.4 Å². The molecule has 2 rings (SSSR count). The van der Waals surface area contributed by atoms with Gasteiger partial charge in [0.2, 0.25) is 0 Å². The van der Waals surface area contributed by atoms with Crippen molar-refractivity contribution in [3.63, 3.8) is 0 Å². The average Bonchev–Trinajstić information content (AvgIpc) is 2.45. The Morgan fingerprint density at radius 2 is 1.95 bits per heavy atom. The van der Waals surface area contributed by atoms with E-state index in [-0.39, 0.29) is 19.6 Å². The number of aliphatic carboxylic acids is 1. The first kappa shape index (κ1) is 14.3. The molecule has 0 saturated carbocycles. The number of benzene rings is 1. The van der Waals surface area contributed by atoms with Crippen LogP contribution in [0.15, 0.2) is 30.3 Å². The van der Waals surface area contributed by atoms with E-state index in [0.29, 0.717) is 6.42 Å². The van der Waals surface area contributed by atoms with E-state index in [1.165, 1.54) is 0 Å². The predicted molar refractivity (Wildman–Crippen MR) is 70.0 cm³/mol. The molecule has 108 valence electrons. The van der Waals surface area contributed by atoms with Gasteiger partial charge in [0.25, 0.3) is 0 Å². The molecule has 1 fully saturated rings. The summed E-state index contributed by atoms with van der Waals surface area (Å²) < 4.78 is 5.11. The fraction of sp³-hybridized carbons (Fsp3) is 0.429. The molecule has 0 bridgehead atoms. The second-order valence-electron chi connectivity index (χ2n) is 4.78. The Bertz CT molecular complexity index is 476. The Morgan fingerprint density at radius 1 is 1.25 bits per heavy atom. The van der Waals surface area contributed by atoms with Crippen LogP contribution < -0.4 is 0 Å².